The quantitative estimate of drug-likeness (QED) is 0.327. The van der Waals surface area contributed by atoms with E-state index in [9.17, 15) is 9.18 Å². The summed E-state index contributed by atoms with van der Waals surface area (Å²) in [7, 11) is 0. The van der Waals surface area contributed by atoms with Crippen LogP contribution in [0.5, 0.6) is 5.75 Å². The molecule has 2 aromatic carbocycles. The van der Waals surface area contributed by atoms with Gasteiger partial charge < -0.3 is 9.15 Å². The first kappa shape index (κ1) is 22.7. The van der Waals surface area contributed by atoms with Gasteiger partial charge >= 0.3 is 5.76 Å². The van der Waals surface area contributed by atoms with E-state index in [0.717, 1.165) is 28.5 Å². The molecule has 6 rings (SSSR count). The van der Waals surface area contributed by atoms with Crippen molar-refractivity contribution in [3.05, 3.63) is 100 Å². The molecule has 0 aliphatic heterocycles. The summed E-state index contributed by atoms with van der Waals surface area (Å²) in [5.41, 5.74) is 4.15. The van der Waals surface area contributed by atoms with Crippen LogP contribution in [0.15, 0.2) is 82.1 Å². The van der Waals surface area contributed by atoms with Crippen LogP contribution in [0.3, 0.4) is 0 Å². The lowest BCUT2D eigenvalue weighted by molar-refractivity contribution is 0.299. The van der Waals surface area contributed by atoms with Gasteiger partial charge in [0.1, 0.15) is 19.0 Å². The number of halogens is 1. The predicted octanol–water partition coefficient (Wildman–Crippen LogP) is 5.55. The Morgan fingerprint density at radius 3 is 2.44 bits per heavy atom. The highest BCUT2D eigenvalue weighted by atomic mass is 19.1. The van der Waals surface area contributed by atoms with Crippen molar-refractivity contribution in [3.63, 3.8) is 0 Å². The number of ether oxygens (including phenoxy) is 1. The van der Waals surface area contributed by atoms with Gasteiger partial charge in [-0.3, -0.25) is 4.98 Å². The van der Waals surface area contributed by atoms with Gasteiger partial charge in [0.2, 0.25) is 5.89 Å². The number of benzene rings is 2. The molecule has 0 spiro atoms. The van der Waals surface area contributed by atoms with Crippen LogP contribution in [0.4, 0.5) is 4.39 Å². The zero-order valence-corrected chi connectivity index (χ0v) is 20.0. The van der Waals surface area contributed by atoms with E-state index in [1.807, 2.05) is 30.3 Å². The Morgan fingerprint density at radius 2 is 1.81 bits per heavy atom. The molecule has 2 aliphatic rings. The van der Waals surface area contributed by atoms with E-state index in [1.54, 1.807) is 6.20 Å². The fourth-order valence-corrected chi connectivity index (χ4v) is 6.25. The average molecular weight is 486 g/mol. The molecular formula is C29H28FN3O3. The standard InChI is InChI=1S/C29H28FN3O3/c30-14-16-33-28(34)36-27(32-33)21-5-8-22(9-6-21)29(18-20-4-7-24(29)17-20)23-10-12-26(13-11-23)35-19-25-3-1-2-15-31-25/h1-3,5-6,8-13,15,20,24H,4,7,14,16-19H2/t20?,24-,29-/m1/s1. The highest BCUT2D eigenvalue weighted by Crippen LogP contribution is 2.60. The second kappa shape index (κ2) is 9.37. The number of alkyl halides is 1. The van der Waals surface area contributed by atoms with Crippen molar-refractivity contribution >= 4 is 0 Å². The summed E-state index contributed by atoms with van der Waals surface area (Å²) < 4.78 is 24.9. The Balaban J connectivity index is 1.28. The lowest BCUT2D eigenvalue weighted by Gasteiger charge is -2.39. The lowest BCUT2D eigenvalue weighted by Crippen LogP contribution is -2.34. The summed E-state index contributed by atoms with van der Waals surface area (Å²) in [5.74, 6) is 1.74. The van der Waals surface area contributed by atoms with E-state index in [2.05, 4.69) is 46.5 Å². The molecule has 2 saturated carbocycles. The van der Waals surface area contributed by atoms with Crippen molar-refractivity contribution in [2.45, 2.75) is 44.2 Å². The van der Waals surface area contributed by atoms with Gasteiger partial charge in [0.25, 0.3) is 0 Å². The fraction of sp³-hybridized carbons (Fsp3) is 0.345. The fourth-order valence-electron chi connectivity index (χ4n) is 6.25. The van der Waals surface area contributed by atoms with Crippen LogP contribution in [-0.2, 0) is 18.6 Å². The van der Waals surface area contributed by atoms with Crippen LogP contribution in [0.25, 0.3) is 11.5 Å². The number of fused-ring (bicyclic) bond motifs is 2. The molecular weight excluding hydrogens is 457 g/mol. The van der Waals surface area contributed by atoms with Crippen molar-refractivity contribution < 1.29 is 13.5 Å². The Hall–Kier alpha value is -3.74. The molecule has 0 amide bonds. The van der Waals surface area contributed by atoms with Gasteiger partial charge in [-0.05, 0) is 78.6 Å². The number of hydrogen-bond donors (Lipinski definition) is 0. The van der Waals surface area contributed by atoms with Crippen molar-refractivity contribution in [1.82, 2.24) is 14.8 Å². The maximum atomic E-state index is 12.7. The molecule has 6 nitrogen and oxygen atoms in total. The SMILES string of the molecule is O=c1oc(-c2ccc([C@@]3(c4ccc(OCc5ccccn5)cc4)CC4CC[C@@H]3C4)cc2)nn1CCF. The zero-order valence-electron chi connectivity index (χ0n) is 20.0. The Kier molecular flexibility index (Phi) is 5.91. The Morgan fingerprint density at radius 1 is 1.03 bits per heavy atom. The first-order chi connectivity index (χ1) is 17.7. The van der Waals surface area contributed by atoms with Crippen LogP contribution in [0, 0.1) is 11.8 Å². The maximum absolute atomic E-state index is 12.7. The molecule has 1 unspecified atom stereocenters. The third kappa shape index (κ3) is 4.02. The largest absolute Gasteiger partial charge is 0.487 e. The molecule has 2 bridgehead atoms. The van der Waals surface area contributed by atoms with Crippen molar-refractivity contribution in [2.24, 2.45) is 11.8 Å². The molecule has 2 heterocycles. The van der Waals surface area contributed by atoms with Crippen LogP contribution in [-0.4, -0.2) is 21.4 Å². The summed E-state index contributed by atoms with van der Waals surface area (Å²) in [6.07, 6.45) is 6.68. The molecule has 7 heteroatoms. The van der Waals surface area contributed by atoms with Gasteiger partial charge in [0, 0.05) is 17.2 Å². The molecule has 3 atom stereocenters. The van der Waals surface area contributed by atoms with Gasteiger partial charge in [0.15, 0.2) is 0 Å². The number of hydrogen-bond acceptors (Lipinski definition) is 5. The smallest absolute Gasteiger partial charge is 0.437 e. The first-order valence-electron chi connectivity index (χ1n) is 12.5. The van der Waals surface area contributed by atoms with E-state index in [-0.39, 0.29) is 17.9 Å². The van der Waals surface area contributed by atoms with Crippen LogP contribution in [0.2, 0.25) is 0 Å². The van der Waals surface area contributed by atoms with E-state index >= 15 is 0 Å². The minimum absolute atomic E-state index is 0.0462. The van der Waals surface area contributed by atoms with E-state index in [0.29, 0.717) is 18.1 Å². The molecule has 0 N–H and O–H groups in total. The van der Waals surface area contributed by atoms with Crippen molar-refractivity contribution in [1.29, 1.82) is 0 Å². The molecule has 4 aromatic rings. The third-order valence-corrected chi connectivity index (χ3v) is 7.88. The summed E-state index contributed by atoms with van der Waals surface area (Å²) in [5, 5.41) is 4.14. The van der Waals surface area contributed by atoms with Crippen LogP contribution in [0.1, 0.15) is 42.5 Å². The van der Waals surface area contributed by atoms with E-state index in [4.69, 9.17) is 9.15 Å². The summed E-state index contributed by atoms with van der Waals surface area (Å²) in [6, 6.07) is 22.5. The molecule has 2 fully saturated rings. The molecule has 0 radical (unpaired) electrons. The average Bonchev–Trinajstić information content (AvgIpc) is 3.64. The number of nitrogens with zero attached hydrogens (tertiary/aromatic N) is 3. The van der Waals surface area contributed by atoms with E-state index in [1.165, 1.54) is 30.4 Å². The second-order valence-corrected chi connectivity index (χ2v) is 9.85. The third-order valence-electron chi connectivity index (χ3n) is 7.88. The van der Waals surface area contributed by atoms with Gasteiger partial charge in [-0.25, -0.2) is 9.18 Å². The molecule has 184 valence electrons. The molecule has 2 aromatic heterocycles. The Bertz CT molecular complexity index is 1380. The minimum atomic E-state index is -0.664. The molecule has 0 saturated heterocycles. The number of aromatic nitrogens is 3. The van der Waals surface area contributed by atoms with Crippen LogP contribution < -0.4 is 10.5 Å². The van der Waals surface area contributed by atoms with Crippen molar-refractivity contribution in [2.75, 3.05) is 6.67 Å². The molecule has 2 aliphatic carbocycles. The second-order valence-electron chi connectivity index (χ2n) is 9.85. The van der Waals surface area contributed by atoms with Gasteiger partial charge in [-0.15, -0.1) is 5.10 Å². The number of aryl methyl sites for hydroxylation is 1. The highest BCUT2D eigenvalue weighted by molar-refractivity contribution is 5.55. The van der Waals surface area contributed by atoms with Gasteiger partial charge in [-0.2, -0.15) is 4.68 Å². The normalized spacial score (nSPS) is 22.7. The zero-order chi connectivity index (χ0) is 24.5. The van der Waals surface area contributed by atoms with Crippen molar-refractivity contribution in [3.8, 4) is 17.2 Å². The topological polar surface area (TPSA) is 70.2 Å². The minimum Gasteiger partial charge on any atom is -0.487 e. The van der Waals surface area contributed by atoms with Gasteiger partial charge in [0.05, 0.1) is 12.2 Å². The van der Waals surface area contributed by atoms with Crippen LogP contribution >= 0.6 is 0 Å². The monoisotopic (exact) mass is 485 g/mol. The van der Waals surface area contributed by atoms with Gasteiger partial charge in [-0.1, -0.05) is 36.8 Å². The summed E-state index contributed by atoms with van der Waals surface area (Å²) in [6.45, 7) is -0.328. The Labute approximate surface area is 208 Å². The summed E-state index contributed by atoms with van der Waals surface area (Å²) in [4.78, 5) is 16.2. The first-order valence-corrected chi connectivity index (χ1v) is 12.5. The summed E-state index contributed by atoms with van der Waals surface area (Å²) >= 11 is 0. The maximum Gasteiger partial charge on any atom is 0.437 e. The lowest BCUT2D eigenvalue weighted by atomic mass is 9.64. The molecule has 36 heavy (non-hydrogen) atoms. The number of rotatable bonds is 8. The van der Waals surface area contributed by atoms with E-state index < -0.39 is 12.4 Å². The highest BCUT2D eigenvalue weighted by Gasteiger charge is 2.52. The predicted molar refractivity (Wildman–Crippen MR) is 133 cm³/mol. The number of pyridine rings is 1.